The minimum Gasteiger partial charge on any atom is -0.364 e. The third-order valence-electron chi connectivity index (χ3n) is 2.55. The lowest BCUT2D eigenvalue weighted by molar-refractivity contribution is 1.04. The minimum absolute atomic E-state index is 0.672. The molecule has 5 nitrogen and oxygen atoms in total. The number of hydrogen-bond acceptors (Lipinski definition) is 7. The maximum atomic E-state index is 4.42. The summed E-state index contributed by atoms with van der Waals surface area (Å²) in [7, 11) is 0. The molecule has 0 radical (unpaired) electrons. The van der Waals surface area contributed by atoms with E-state index in [4.69, 9.17) is 0 Å². The molecular weight excluding hydrogens is 266 g/mol. The maximum absolute atomic E-state index is 4.42. The van der Waals surface area contributed by atoms with E-state index in [1.165, 1.54) is 11.5 Å². The molecule has 0 atom stereocenters. The average molecular weight is 277 g/mol. The Morgan fingerprint density at radius 2 is 2.17 bits per heavy atom. The van der Waals surface area contributed by atoms with Crippen LogP contribution in [0.15, 0.2) is 11.7 Å². The van der Waals surface area contributed by atoms with E-state index in [0.717, 1.165) is 32.4 Å². The van der Waals surface area contributed by atoms with Gasteiger partial charge in [-0.25, -0.2) is 15.0 Å². The fourth-order valence-electron chi connectivity index (χ4n) is 1.72. The minimum atomic E-state index is 0.672. The molecule has 0 fully saturated rings. The number of aromatic nitrogens is 4. The molecular formula is C11H11N5S2. The van der Waals surface area contributed by atoms with Gasteiger partial charge in [-0.1, -0.05) is 0 Å². The number of rotatable bonds is 3. The Kier molecular flexibility index (Phi) is 2.92. The molecule has 0 unspecified atom stereocenters. The highest BCUT2D eigenvalue weighted by atomic mass is 32.1. The molecule has 0 aromatic carbocycles. The fraction of sp³-hybridized carbons (Fsp3) is 0.273. The molecule has 0 saturated carbocycles. The molecule has 0 saturated heterocycles. The van der Waals surface area contributed by atoms with Crippen molar-refractivity contribution in [2.45, 2.75) is 20.4 Å². The zero-order chi connectivity index (χ0) is 12.5. The van der Waals surface area contributed by atoms with Gasteiger partial charge in [-0.05, 0) is 25.4 Å². The first kappa shape index (κ1) is 11.5. The van der Waals surface area contributed by atoms with Crippen LogP contribution in [0.25, 0.3) is 10.2 Å². The number of fused-ring (bicyclic) bond motifs is 1. The summed E-state index contributed by atoms with van der Waals surface area (Å²) in [6, 6.07) is 0. The van der Waals surface area contributed by atoms with Gasteiger partial charge in [0, 0.05) is 5.38 Å². The van der Waals surface area contributed by atoms with E-state index in [9.17, 15) is 0 Å². The van der Waals surface area contributed by atoms with Gasteiger partial charge >= 0.3 is 0 Å². The van der Waals surface area contributed by atoms with Gasteiger partial charge in [0.15, 0.2) is 0 Å². The van der Waals surface area contributed by atoms with Crippen molar-refractivity contribution in [1.82, 2.24) is 19.3 Å². The Bertz CT molecular complexity index is 688. The van der Waals surface area contributed by atoms with Crippen molar-refractivity contribution in [3.05, 3.63) is 28.1 Å². The average Bonchev–Trinajstić information content (AvgIpc) is 2.94. The highest BCUT2D eigenvalue weighted by Crippen LogP contribution is 2.25. The fourth-order valence-corrected chi connectivity index (χ4v) is 3.08. The lowest BCUT2D eigenvalue weighted by Gasteiger charge is -2.04. The van der Waals surface area contributed by atoms with Crippen LogP contribution in [0.3, 0.4) is 0 Å². The smallest absolute Gasteiger partial charge is 0.149 e. The summed E-state index contributed by atoms with van der Waals surface area (Å²) in [5.41, 5.74) is 2.00. The number of nitrogens with zero attached hydrogens (tertiary/aromatic N) is 4. The largest absolute Gasteiger partial charge is 0.364 e. The Morgan fingerprint density at radius 3 is 2.94 bits per heavy atom. The van der Waals surface area contributed by atoms with Gasteiger partial charge in [-0.3, -0.25) is 0 Å². The Hall–Kier alpha value is -1.60. The van der Waals surface area contributed by atoms with E-state index < -0.39 is 0 Å². The summed E-state index contributed by atoms with van der Waals surface area (Å²) in [5.74, 6) is 0.830. The maximum Gasteiger partial charge on any atom is 0.149 e. The molecule has 0 aliphatic heterocycles. The number of hydrogen-bond donors (Lipinski definition) is 1. The predicted octanol–water partition coefficient (Wildman–Crippen LogP) is 2.77. The first-order valence-electron chi connectivity index (χ1n) is 5.46. The van der Waals surface area contributed by atoms with Gasteiger partial charge in [0.1, 0.15) is 17.0 Å². The zero-order valence-electron chi connectivity index (χ0n) is 9.97. The summed E-state index contributed by atoms with van der Waals surface area (Å²) in [4.78, 5) is 13.8. The van der Waals surface area contributed by atoms with E-state index in [-0.39, 0.29) is 0 Å². The van der Waals surface area contributed by atoms with Crippen LogP contribution < -0.4 is 5.32 Å². The van der Waals surface area contributed by atoms with Crippen LogP contribution in [0.2, 0.25) is 0 Å². The molecule has 3 aromatic heterocycles. The van der Waals surface area contributed by atoms with Crippen molar-refractivity contribution in [3.8, 4) is 0 Å². The molecule has 7 heteroatoms. The van der Waals surface area contributed by atoms with Crippen LogP contribution in [0.5, 0.6) is 0 Å². The standard InChI is InChI=1S/C11H11N5S2/c1-6-9-10(13-5-14-11(9)18-16-6)12-3-8-4-17-7(2)15-8/h4-5H,3H2,1-2H3,(H,12,13,14). The second-order valence-corrected chi connectivity index (χ2v) is 5.70. The number of anilines is 1. The van der Waals surface area contributed by atoms with Crippen LogP contribution >= 0.6 is 22.9 Å². The molecule has 3 heterocycles. The van der Waals surface area contributed by atoms with E-state index in [0.29, 0.717) is 6.54 Å². The first-order valence-corrected chi connectivity index (χ1v) is 7.11. The van der Waals surface area contributed by atoms with Crippen molar-refractivity contribution in [2.75, 3.05) is 5.32 Å². The summed E-state index contributed by atoms with van der Waals surface area (Å²) < 4.78 is 4.30. The van der Waals surface area contributed by atoms with Gasteiger partial charge in [-0.2, -0.15) is 4.37 Å². The van der Waals surface area contributed by atoms with E-state index in [2.05, 4.69) is 30.0 Å². The monoisotopic (exact) mass is 277 g/mol. The Morgan fingerprint density at radius 1 is 1.28 bits per heavy atom. The van der Waals surface area contributed by atoms with Gasteiger partial charge in [0.05, 0.1) is 28.3 Å². The summed E-state index contributed by atoms with van der Waals surface area (Å²) in [6.07, 6.45) is 1.56. The van der Waals surface area contributed by atoms with Crippen molar-refractivity contribution >= 4 is 38.9 Å². The highest BCUT2D eigenvalue weighted by molar-refractivity contribution is 7.13. The van der Waals surface area contributed by atoms with Gasteiger partial charge in [-0.15, -0.1) is 11.3 Å². The summed E-state index contributed by atoms with van der Waals surface area (Å²) in [6.45, 7) is 4.65. The van der Waals surface area contributed by atoms with E-state index >= 15 is 0 Å². The molecule has 3 rings (SSSR count). The Balaban J connectivity index is 1.88. The van der Waals surface area contributed by atoms with E-state index in [1.54, 1.807) is 17.7 Å². The Labute approximate surface area is 112 Å². The molecule has 0 spiro atoms. The van der Waals surface area contributed by atoms with Crippen LogP contribution in [-0.2, 0) is 6.54 Å². The third-order valence-corrected chi connectivity index (χ3v) is 4.22. The van der Waals surface area contributed by atoms with Crippen LogP contribution in [0.4, 0.5) is 5.82 Å². The first-order chi connectivity index (χ1) is 8.74. The van der Waals surface area contributed by atoms with Crippen LogP contribution in [0.1, 0.15) is 16.4 Å². The van der Waals surface area contributed by atoms with Crippen molar-refractivity contribution in [3.63, 3.8) is 0 Å². The number of thiazole rings is 1. The lowest BCUT2D eigenvalue weighted by atomic mass is 10.3. The second kappa shape index (κ2) is 4.58. The van der Waals surface area contributed by atoms with Gasteiger partial charge < -0.3 is 5.32 Å². The third kappa shape index (κ3) is 2.06. The number of aryl methyl sites for hydroxylation is 2. The summed E-state index contributed by atoms with van der Waals surface area (Å²) >= 11 is 3.05. The number of nitrogens with one attached hydrogen (secondary N) is 1. The molecule has 1 N–H and O–H groups in total. The molecule has 18 heavy (non-hydrogen) atoms. The van der Waals surface area contributed by atoms with Crippen LogP contribution in [-0.4, -0.2) is 19.3 Å². The van der Waals surface area contributed by atoms with Crippen LogP contribution in [0, 0.1) is 13.8 Å². The van der Waals surface area contributed by atoms with Gasteiger partial charge in [0.25, 0.3) is 0 Å². The molecule has 0 bridgehead atoms. The molecule has 0 aliphatic carbocycles. The quantitative estimate of drug-likeness (QED) is 0.797. The molecule has 3 aromatic rings. The van der Waals surface area contributed by atoms with E-state index in [1.807, 2.05) is 13.8 Å². The van der Waals surface area contributed by atoms with Gasteiger partial charge in [0.2, 0.25) is 0 Å². The van der Waals surface area contributed by atoms with Crippen molar-refractivity contribution in [2.24, 2.45) is 0 Å². The van der Waals surface area contributed by atoms with Crippen molar-refractivity contribution in [1.29, 1.82) is 0 Å². The topological polar surface area (TPSA) is 63.6 Å². The highest BCUT2D eigenvalue weighted by Gasteiger charge is 2.10. The predicted molar refractivity (Wildman–Crippen MR) is 74.1 cm³/mol. The SMILES string of the molecule is Cc1nc(CNc2ncnc3snc(C)c23)cs1. The molecule has 0 amide bonds. The zero-order valence-corrected chi connectivity index (χ0v) is 11.6. The molecule has 0 aliphatic rings. The lowest BCUT2D eigenvalue weighted by Crippen LogP contribution is -2.02. The summed E-state index contributed by atoms with van der Waals surface area (Å²) in [5, 5.41) is 7.44. The van der Waals surface area contributed by atoms with Crippen molar-refractivity contribution < 1.29 is 0 Å². The molecule has 92 valence electrons. The normalized spacial score (nSPS) is 11.0. The second-order valence-electron chi connectivity index (χ2n) is 3.88.